The highest BCUT2D eigenvalue weighted by Crippen LogP contribution is 2.16. The van der Waals surface area contributed by atoms with Crippen LogP contribution in [0.1, 0.15) is 11.1 Å². The van der Waals surface area contributed by atoms with E-state index in [4.69, 9.17) is 11.6 Å². The average molecular weight is 434 g/mol. The van der Waals surface area contributed by atoms with E-state index in [0.717, 1.165) is 11.1 Å². The van der Waals surface area contributed by atoms with Crippen molar-refractivity contribution in [3.05, 3.63) is 99.7 Å². The highest BCUT2D eigenvalue weighted by Gasteiger charge is 2.10. The number of hydrogen-bond donors (Lipinski definition) is 1. The van der Waals surface area contributed by atoms with Crippen LogP contribution in [0.5, 0.6) is 0 Å². The molecule has 0 bridgehead atoms. The zero-order chi connectivity index (χ0) is 21.6. The maximum absolute atomic E-state index is 12.8. The van der Waals surface area contributed by atoms with Gasteiger partial charge in [-0.3, -0.25) is 14.2 Å². The Hall–Kier alpha value is -3.71. The predicted molar refractivity (Wildman–Crippen MR) is 121 cm³/mol. The van der Waals surface area contributed by atoms with E-state index in [-0.39, 0.29) is 11.5 Å². The molecular weight excluding hydrogens is 414 g/mol. The molecule has 0 fully saturated rings. The number of halogens is 1. The molecule has 2 heterocycles. The summed E-state index contributed by atoms with van der Waals surface area (Å²) in [6.45, 7) is 1.18. The van der Waals surface area contributed by atoms with Crippen LogP contribution >= 0.6 is 11.6 Å². The van der Waals surface area contributed by atoms with E-state index in [0.29, 0.717) is 35.7 Å². The van der Waals surface area contributed by atoms with Crippen molar-refractivity contribution < 1.29 is 4.79 Å². The molecule has 0 atom stereocenters. The lowest BCUT2D eigenvalue weighted by atomic mass is 10.2. The topological polar surface area (TPSA) is 81.8 Å². The van der Waals surface area contributed by atoms with Crippen LogP contribution < -0.4 is 10.9 Å². The standard InChI is InChI=1S/C23H20ClN5O2/c24-20-9-5-4-8-18(20)10-11-21(30)25-12-13-29-22-19(14-27-29)23(31)28(16-26-22)15-17-6-2-1-3-7-17/h1-11,14,16H,12-13,15H2,(H,25,30)/b11-10+. The minimum absolute atomic E-state index is 0.146. The van der Waals surface area contributed by atoms with E-state index in [1.54, 1.807) is 21.4 Å². The maximum Gasteiger partial charge on any atom is 0.264 e. The number of rotatable bonds is 7. The molecular formula is C23H20ClN5O2. The minimum atomic E-state index is -0.241. The number of nitrogens with one attached hydrogen (secondary N) is 1. The van der Waals surface area contributed by atoms with Crippen LogP contribution in [0.25, 0.3) is 17.1 Å². The lowest BCUT2D eigenvalue weighted by Gasteiger charge is -2.07. The van der Waals surface area contributed by atoms with Crippen molar-refractivity contribution in [2.75, 3.05) is 6.54 Å². The van der Waals surface area contributed by atoms with E-state index in [1.807, 2.05) is 48.5 Å². The monoisotopic (exact) mass is 433 g/mol. The lowest BCUT2D eigenvalue weighted by Crippen LogP contribution is -2.26. The second-order valence-electron chi connectivity index (χ2n) is 6.91. The number of nitrogens with zero attached hydrogens (tertiary/aromatic N) is 4. The fraction of sp³-hybridized carbons (Fsp3) is 0.130. The smallest absolute Gasteiger partial charge is 0.264 e. The van der Waals surface area contributed by atoms with Gasteiger partial charge in [0.05, 0.1) is 19.3 Å². The van der Waals surface area contributed by atoms with Gasteiger partial charge in [0.25, 0.3) is 5.56 Å². The van der Waals surface area contributed by atoms with Crippen molar-refractivity contribution in [3.63, 3.8) is 0 Å². The molecule has 1 N–H and O–H groups in total. The normalized spacial score (nSPS) is 11.3. The Morgan fingerprint density at radius 2 is 1.87 bits per heavy atom. The van der Waals surface area contributed by atoms with Gasteiger partial charge in [-0.25, -0.2) is 9.67 Å². The third-order valence-corrected chi connectivity index (χ3v) is 5.10. The Kier molecular flexibility index (Phi) is 6.24. The summed E-state index contributed by atoms with van der Waals surface area (Å²) in [5, 5.41) is 8.08. The van der Waals surface area contributed by atoms with Crippen LogP contribution in [-0.2, 0) is 17.9 Å². The van der Waals surface area contributed by atoms with Gasteiger partial charge in [-0.2, -0.15) is 5.10 Å². The van der Waals surface area contributed by atoms with Gasteiger partial charge in [-0.15, -0.1) is 0 Å². The molecule has 1 amide bonds. The van der Waals surface area contributed by atoms with Gasteiger partial charge in [0, 0.05) is 17.6 Å². The number of amides is 1. The number of aromatic nitrogens is 4. The average Bonchev–Trinajstić information content (AvgIpc) is 3.20. The largest absolute Gasteiger partial charge is 0.351 e. The molecule has 7 nitrogen and oxygen atoms in total. The SMILES string of the molecule is O=C(/C=C/c1ccccc1Cl)NCCn1ncc2c(=O)n(Cc3ccccc3)cnc21. The molecule has 4 rings (SSSR count). The third kappa shape index (κ3) is 4.90. The van der Waals surface area contributed by atoms with Crippen molar-refractivity contribution >= 4 is 34.6 Å². The first-order valence-corrected chi connectivity index (χ1v) is 10.1. The summed E-state index contributed by atoms with van der Waals surface area (Å²) in [4.78, 5) is 29.2. The molecule has 4 aromatic rings. The van der Waals surface area contributed by atoms with E-state index in [1.165, 1.54) is 18.6 Å². The van der Waals surface area contributed by atoms with Gasteiger partial charge in [-0.05, 0) is 23.3 Å². The molecule has 0 radical (unpaired) electrons. The molecule has 0 unspecified atom stereocenters. The number of fused-ring (bicyclic) bond motifs is 1. The van der Waals surface area contributed by atoms with Crippen LogP contribution in [0.4, 0.5) is 0 Å². The Balaban J connectivity index is 1.39. The molecule has 0 aliphatic carbocycles. The van der Waals surface area contributed by atoms with Crippen molar-refractivity contribution in [1.82, 2.24) is 24.6 Å². The molecule has 0 aliphatic rings. The second kappa shape index (κ2) is 9.40. The number of carbonyl (C=O) groups excluding carboxylic acids is 1. The summed E-state index contributed by atoms with van der Waals surface area (Å²) < 4.78 is 3.17. The summed E-state index contributed by atoms with van der Waals surface area (Å²) >= 11 is 6.08. The van der Waals surface area contributed by atoms with Gasteiger partial charge in [-0.1, -0.05) is 60.1 Å². The molecule has 156 valence electrons. The molecule has 0 aliphatic heterocycles. The Morgan fingerprint density at radius 1 is 1.10 bits per heavy atom. The van der Waals surface area contributed by atoms with Gasteiger partial charge < -0.3 is 5.32 Å². The summed E-state index contributed by atoms with van der Waals surface area (Å²) in [5.41, 5.74) is 2.14. The Labute approximate surface area is 183 Å². The van der Waals surface area contributed by atoms with Crippen LogP contribution in [0.3, 0.4) is 0 Å². The summed E-state index contributed by atoms with van der Waals surface area (Å²) in [6.07, 6.45) is 6.15. The van der Waals surface area contributed by atoms with Gasteiger partial charge >= 0.3 is 0 Å². The lowest BCUT2D eigenvalue weighted by molar-refractivity contribution is -0.116. The van der Waals surface area contributed by atoms with Crippen molar-refractivity contribution in [2.45, 2.75) is 13.1 Å². The molecule has 0 spiro atoms. The molecule has 0 saturated carbocycles. The first-order valence-electron chi connectivity index (χ1n) is 9.77. The third-order valence-electron chi connectivity index (χ3n) is 4.76. The molecule has 2 aromatic heterocycles. The van der Waals surface area contributed by atoms with Crippen LogP contribution in [0, 0.1) is 0 Å². The van der Waals surface area contributed by atoms with Crippen molar-refractivity contribution in [2.24, 2.45) is 0 Å². The van der Waals surface area contributed by atoms with Crippen LogP contribution in [0.2, 0.25) is 5.02 Å². The molecule has 31 heavy (non-hydrogen) atoms. The zero-order valence-electron chi connectivity index (χ0n) is 16.6. The van der Waals surface area contributed by atoms with E-state index < -0.39 is 0 Å². The number of hydrogen-bond acceptors (Lipinski definition) is 4. The van der Waals surface area contributed by atoms with E-state index in [9.17, 15) is 9.59 Å². The van der Waals surface area contributed by atoms with Gasteiger partial charge in [0.2, 0.25) is 5.91 Å². The Morgan fingerprint density at radius 3 is 2.68 bits per heavy atom. The van der Waals surface area contributed by atoms with Gasteiger partial charge in [0.15, 0.2) is 5.65 Å². The van der Waals surface area contributed by atoms with E-state index in [2.05, 4.69) is 15.4 Å². The summed E-state index contributed by atoms with van der Waals surface area (Å²) in [5.74, 6) is -0.241. The van der Waals surface area contributed by atoms with Crippen molar-refractivity contribution in [3.8, 4) is 0 Å². The molecule has 8 heteroatoms. The minimum Gasteiger partial charge on any atom is -0.351 e. The van der Waals surface area contributed by atoms with Crippen molar-refractivity contribution in [1.29, 1.82) is 0 Å². The number of benzene rings is 2. The molecule has 2 aromatic carbocycles. The second-order valence-corrected chi connectivity index (χ2v) is 7.32. The fourth-order valence-corrected chi connectivity index (χ4v) is 3.37. The zero-order valence-corrected chi connectivity index (χ0v) is 17.4. The predicted octanol–water partition coefficient (Wildman–Crippen LogP) is 3.12. The quantitative estimate of drug-likeness (QED) is 0.454. The highest BCUT2D eigenvalue weighted by atomic mass is 35.5. The fourth-order valence-electron chi connectivity index (χ4n) is 3.17. The van der Waals surface area contributed by atoms with Gasteiger partial charge in [0.1, 0.15) is 11.7 Å². The highest BCUT2D eigenvalue weighted by molar-refractivity contribution is 6.32. The van der Waals surface area contributed by atoms with E-state index >= 15 is 0 Å². The first kappa shape index (κ1) is 20.6. The van der Waals surface area contributed by atoms with Crippen LogP contribution in [-0.4, -0.2) is 31.8 Å². The summed E-state index contributed by atoms with van der Waals surface area (Å²) in [7, 11) is 0. The molecule has 0 saturated heterocycles. The van der Waals surface area contributed by atoms with Crippen LogP contribution in [0.15, 0.2) is 78.0 Å². The summed E-state index contributed by atoms with van der Waals surface area (Å²) in [6, 6.07) is 17.0. The Bertz CT molecular complexity index is 1290. The first-order chi connectivity index (χ1) is 15.1. The maximum atomic E-state index is 12.8. The number of carbonyl (C=O) groups is 1.